The Hall–Kier alpha value is -1.99. The average Bonchev–Trinajstić information content (AvgIpc) is 3.22. The normalized spacial score (nSPS) is 17.7. The Morgan fingerprint density at radius 1 is 1.28 bits per heavy atom. The number of hydrogen-bond donors (Lipinski definition) is 1. The minimum atomic E-state index is -0.244. The van der Waals surface area contributed by atoms with E-state index in [9.17, 15) is 9.59 Å². The van der Waals surface area contributed by atoms with Gasteiger partial charge in [0, 0.05) is 43.8 Å². The van der Waals surface area contributed by atoms with Crippen LogP contribution in [-0.2, 0) is 19.4 Å². The number of aromatic amines is 1. The van der Waals surface area contributed by atoms with E-state index in [0.717, 1.165) is 60.9 Å². The second kappa shape index (κ2) is 6.72. The van der Waals surface area contributed by atoms with E-state index < -0.39 is 0 Å². The van der Waals surface area contributed by atoms with Gasteiger partial charge in [-0.25, -0.2) is 4.98 Å². The molecule has 1 fully saturated rings. The minimum Gasteiger partial charge on any atom is -0.336 e. The highest BCUT2D eigenvalue weighted by Crippen LogP contribution is 2.20. The first-order valence-electron chi connectivity index (χ1n) is 8.78. The molecule has 25 heavy (non-hydrogen) atoms. The van der Waals surface area contributed by atoms with E-state index >= 15 is 0 Å². The molecule has 0 atom stereocenters. The van der Waals surface area contributed by atoms with Crippen LogP contribution in [0.15, 0.2) is 16.2 Å². The summed E-state index contributed by atoms with van der Waals surface area (Å²) < 4.78 is 0. The number of pyridine rings is 1. The maximum absolute atomic E-state index is 12.8. The van der Waals surface area contributed by atoms with Gasteiger partial charge in [-0.05, 0) is 37.8 Å². The molecule has 0 bridgehead atoms. The Kier molecular flexibility index (Phi) is 4.43. The number of carbonyl (C=O) groups is 1. The molecule has 2 aliphatic rings. The number of thiazole rings is 1. The molecule has 2 aromatic heterocycles. The average molecular weight is 358 g/mol. The van der Waals surface area contributed by atoms with Crippen molar-refractivity contribution in [3.05, 3.63) is 49.3 Å². The monoisotopic (exact) mass is 358 g/mol. The molecule has 132 valence electrons. The Morgan fingerprint density at radius 2 is 2.08 bits per heavy atom. The van der Waals surface area contributed by atoms with Crippen molar-refractivity contribution in [2.45, 2.75) is 32.7 Å². The van der Waals surface area contributed by atoms with Crippen LogP contribution < -0.4 is 5.56 Å². The lowest BCUT2D eigenvalue weighted by Gasteiger charge is -2.34. The van der Waals surface area contributed by atoms with E-state index in [0.29, 0.717) is 18.7 Å². The van der Waals surface area contributed by atoms with Crippen molar-refractivity contribution in [1.29, 1.82) is 0 Å². The van der Waals surface area contributed by atoms with Crippen LogP contribution in [0.1, 0.15) is 38.7 Å². The number of rotatable bonds is 3. The van der Waals surface area contributed by atoms with Crippen molar-refractivity contribution in [1.82, 2.24) is 19.8 Å². The molecule has 0 spiro atoms. The summed E-state index contributed by atoms with van der Waals surface area (Å²) in [5.74, 6) is -0.139. The van der Waals surface area contributed by atoms with Crippen LogP contribution in [0.4, 0.5) is 0 Å². The highest BCUT2D eigenvalue weighted by Gasteiger charge is 2.25. The topological polar surface area (TPSA) is 69.3 Å². The van der Waals surface area contributed by atoms with Gasteiger partial charge in [-0.2, -0.15) is 0 Å². The predicted molar refractivity (Wildman–Crippen MR) is 97.1 cm³/mol. The zero-order chi connectivity index (χ0) is 17.4. The van der Waals surface area contributed by atoms with E-state index in [1.54, 1.807) is 16.2 Å². The lowest BCUT2D eigenvalue weighted by Crippen LogP contribution is -2.49. The van der Waals surface area contributed by atoms with Crippen LogP contribution in [0.5, 0.6) is 0 Å². The molecule has 0 unspecified atom stereocenters. The van der Waals surface area contributed by atoms with Crippen LogP contribution in [0.25, 0.3) is 0 Å². The molecule has 1 N–H and O–H groups in total. The van der Waals surface area contributed by atoms with Gasteiger partial charge in [0.15, 0.2) is 0 Å². The lowest BCUT2D eigenvalue weighted by atomic mass is 10.1. The zero-order valence-electron chi connectivity index (χ0n) is 14.4. The number of nitrogens with one attached hydrogen (secondary N) is 1. The quantitative estimate of drug-likeness (QED) is 0.905. The van der Waals surface area contributed by atoms with Crippen LogP contribution in [0, 0.1) is 6.92 Å². The maximum Gasteiger partial charge on any atom is 0.261 e. The van der Waals surface area contributed by atoms with Gasteiger partial charge >= 0.3 is 0 Å². The molecule has 1 aliphatic heterocycles. The van der Waals surface area contributed by atoms with Gasteiger partial charge in [-0.3, -0.25) is 14.5 Å². The lowest BCUT2D eigenvalue weighted by molar-refractivity contribution is 0.0625. The summed E-state index contributed by atoms with van der Waals surface area (Å²) in [5.41, 5.74) is 3.28. The summed E-state index contributed by atoms with van der Waals surface area (Å²) in [7, 11) is 0. The zero-order valence-corrected chi connectivity index (χ0v) is 15.2. The van der Waals surface area contributed by atoms with Gasteiger partial charge in [-0.15, -0.1) is 11.3 Å². The smallest absolute Gasteiger partial charge is 0.261 e. The number of nitrogens with zero attached hydrogens (tertiary/aromatic N) is 3. The molecular weight excluding hydrogens is 336 g/mol. The highest BCUT2D eigenvalue weighted by atomic mass is 32.1. The van der Waals surface area contributed by atoms with E-state index in [-0.39, 0.29) is 11.5 Å². The molecule has 1 amide bonds. The van der Waals surface area contributed by atoms with E-state index in [4.69, 9.17) is 0 Å². The first-order valence-corrected chi connectivity index (χ1v) is 9.66. The SMILES string of the molecule is Cc1nc(CN2CCN(C(=O)c3cc4c([nH]c3=O)CCC4)CC2)cs1. The fourth-order valence-electron chi connectivity index (χ4n) is 3.66. The molecule has 0 radical (unpaired) electrons. The highest BCUT2D eigenvalue weighted by molar-refractivity contribution is 7.09. The van der Waals surface area contributed by atoms with Crippen LogP contribution >= 0.6 is 11.3 Å². The standard InChI is InChI=1S/C18H22N4O2S/c1-12-19-14(11-25-12)10-21-5-7-22(8-6-21)18(24)15-9-13-3-2-4-16(13)20-17(15)23/h9,11H,2-8,10H2,1H3,(H,20,23). The number of hydrogen-bond acceptors (Lipinski definition) is 5. The molecule has 1 saturated heterocycles. The maximum atomic E-state index is 12.8. The van der Waals surface area contributed by atoms with Crippen molar-refractivity contribution in [2.24, 2.45) is 0 Å². The molecule has 0 aromatic carbocycles. The molecule has 6 nitrogen and oxygen atoms in total. The minimum absolute atomic E-state index is 0.139. The van der Waals surface area contributed by atoms with Crippen molar-refractivity contribution >= 4 is 17.2 Å². The number of aryl methyl sites for hydroxylation is 3. The van der Waals surface area contributed by atoms with E-state index in [2.05, 4.69) is 20.2 Å². The fraction of sp³-hybridized carbons (Fsp3) is 0.500. The van der Waals surface area contributed by atoms with Gasteiger partial charge in [0.2, 0.25) is 0 Å². The molecule has 0 saturated carbocycles. The van der Waals surface area contributed by atoms with Crippen molar-refractivity contribution in [3.63, 3.8) is 0 Å². The molecule has 2 aromatic rings. The summed E-state index contributed by atoms with van der Waals surface area (Å²) in [6.07, 6.45) is 2.92. The van der Waals surface area contributed by atoms with Crippen molar-refractivity contribution < 1.29 is 4.79 Å². The van der Waals surface area contributed by atoms with Gasteiger partial charge in [0.1, 0.15) is 5.56 Å². The number of aromatic nitrogens is 2. The molecule has 3 heterocycles. The summed E-state index contributed by atoms with van der Waals surface area (Å²) in [5, 5.41) is 3.18. The van der Waals surface area contributed by atoms with E-state index in [1.807, 2.05) is 13.0 Å². The van der Waals surface area contributed by atoms with Crippen LogP contribution in [0.3, 0.4) is 0 Å². The molecule has 1 aliphatic carbocycles. The van der Waals surface area contributed by atoms with Gasteiger partial charge in [0.05, 0.1) is 10.7 Å². The number of piperazine rings is 1. The third-order valence-electron chi connectivity index (χ3n) is 5.03. The Labute approximate surface area is 150 Å². The van der Waals surface area contributed by atoms with Crippen LogP contribution in [0.2, 0.25) is 0 Å². The van der Waals surface area contributed by atoms with Crippen molar-refractivity contribution in [3.8, 4) is 0 Å². The predicted octanol–water partition coefficient (Wildman–Crippen LogP) is 1.59. The van der Waals surface area contributed by atoms with Gasteiger partial charge in [-0.1, -0.05) is 0 Å². The number of fused-ring (bicyclic) bond motifs is 1. The van der Waals surface area contributed by atoms with Crippen molar-refractivity contribution in [2.75, 3.05) is 26.2 Å². The molecule has 7 heteroatoms. The first kappa shape index (κ1) is 16.5. The second-order valence-corrected chi connectivity index (χ2v) is 7.86. The summed E-state index contributed by atoms with van der Waals surface area (Å²) in [6, 6.07) is 1.81. The largest absolute Gasteiger partial charge is 0.336 e. The number of carbonyl (C=O) groups excluding carboxylic acids is 1. The Morgan fingerprint density at radius 3 is 2.80 bits per heavy atom. The summed E-state index contributed by atoms with van der Waals surface area (Å²) in [4.78, 5) is 36.5. The third kappa shape index (κ3) is 3.39. The second-order valence-electron chi connectivity index (χ2n) is 6.80. The first-order chi connectivity index (χ1) is 12.1. The van der Waals surface area contributed by atoms with E-state index in [1.165, 1.54) is 0 Å². The Bertz CT molecular complexity index is 849. The third-order valence-corrected chi connectivity index (χ3v) is 5.85. The van der Waals surface area contributed by atoms with Gasteiger partial charge < -0.3 is 9.88 Å². The molecule has 4 rings (SSSR count). The Balaban J connectivity index is 1.41. The fourth-order valence-corrected chi connectivity index (χ4v) is 4.27. The molecular formula is C18H22N4O2S. The number of amides is 1. The summed E-state index contributed by atoms with van der Waals surface area (Å²) in [6.45, 7) is 5.76. The summed E-state index contributed by atoms with van der Waals surface area (Å²) >= 11 is 1.67. The van der Waals surface area contributed by atoms with Gasteiger partial charge in [0.25, 0.3) is 11.5 Å². The number of H-pyrrole nitrogens is 1. The van der Waals surface area contributed by atoms with Crippen LogP contribution in [-0.4, -0.2) is 51.9 Å².